The Morgan fingerprint density at radius 3 is 2.38 bits per heavy atom. The van der Waals surface area contributed by atoms with Crippen LogP contribution in [0.5, 0.6) is 0 Å². The summed E-state index contributed by atoms with van der Waals surface area (Å²) < 4.78 is 14.7. The number of anilines is 1. The molecule has 0 aliphatic heterocycles. The summed E-state index contributed by atoms with van der Waals surface area (Å²) in [7, 11) is 1.56. The van der Waals surface area contributed by atoms with Gasteiger partial charge >= 0.3 is 0 Å². The highest BCUT2D eigenvalue weighted by molar-refractivity contribution is 7.21. The van der Waals surface area contributed by atoms with Crippen molar-refractivity contribution in [1.29, 1.82) is 0 Å². The van der Waals surface area contributed by atoms with Gasteiger partial charge in [0.2, 0.25) is 0 Å². The normalized spacial score (nSPS) is 10.6. The summed E-state index contributed by atoms with van der Waals surface area (Å²) in [5.74, 6) is -0.806. The first-order chi connectivity index (χ1) is 11.5. The standard InChI is InChI=1S/C18H15FN2O2S/c1-10-15-13(19)4-3-5-14(15)24-16(10)18(23)21-12-8-6-11(7-9-12)17(22)20-2/h3-9H,1-2H3,(H,20,22)(H,21,23). The molecule has 0 aliphatic carbocycles. The number of amides is 2. The SMILES string of the molecule is CNC(=O)c1ccc(NC(=O)c2sc3cccc(F)c3c2C)cc1. The minimum atomic E-state index is -0.324. The Morgan fingerprint density at radius 2 is 1.75 bits per heavy atom. The Bertz CT molecular complexity index is 932. The van der Waals surface area contributed by atoms with E-state index in [4.69, 9.17) is 0 Å². The summed E-state index contributed by atoms with van der Waals surface area (Å²) in [6.07, 6.45) is 0. The van der Waals surface area contributed by atoms with Crippen molar-refractivity contribution in [3.05, 3.63) is 64.3 Å². The number of rotatable bonds is 3. The lowest BCUT2D eigenvalue weighted by molar-refractivity contribution is 0.0962. The van der Waals surface area contributed by atoms with E-state index in [1.54, 1.807) is 50.4 Å². The number of thiophene rings is 1. The van der Waals surface area contributed by atoms with Crippen molar-refractivity contribution < 1.29 is 14.0 Å². The van der Waals surface area contributed by atoms with Crippen molar-refractivity contribution in [1.82, 2.24) is 5.32 Å². The summed E-state index contributed by atoms with van der Waals surface area (Å²) in [6, 6.07) is 11.4. The minimum Gasteiger partial charge on any atom is -0.355 e. The summed E-state index contributed by atoms with van der Waals surface area (Å²) in [5, 5.41) is 5.80. The van der Waals surface area contributed by atoms with Gasteiger partial charge < -0.3 is 10.6 Å². The van der Waals surface area contributed by atoms with Crippen LogP contribution in [0.2, 0.25) is 0 Å². The summed E-state index contributed by atoms with van der Waals surface area (Å²) in [6.45, 7) is 1.74. The molecule has 0 radical (unpaired) electrons. The van der Waals surface area contributed by atoms with Crippen molar-refractivity contribution >= 4 is 38.9 Å². The molecule has 0 fully saturated rings. The molecule has 6 heteroatoms. The van der Waals surface area contributed by atoms with Crippen LogP contribution in [0.1, 0.15) is 25.6 Å². The predicted octanol–water partition coefficient (Wildman–Crippen LogP) is 3.96. The van der Waals surface area contributed by atoms with E-state index >= 15 is 0 Å². The van der Waals surface area contributed by atoms with Crippen molar-refractivity contribution in [2.24, 2.45) is 0 Å². The molecule has 0 saturated heterocycles. The number of benzene rings is 2. The molecule has 2 N–H and O–H groups in total. The van der Waals surface area contributed by atoms with Crippen molar-refractivity contribution in [2.45, 2.75) is 6.92 Å². The molecule has 0 atom stereocenters. The number of hydrogen-bond acceptors (Lipinski definition) is 3. The molecule has 3 rings (SSSR count). The van der Waals surface area contributed by atoms with Crippen LogP contribution < -0.4 is 10.6 Å². The molecule has 0 unspecified atom stereocenters. The second-order valence-corrected chi connectivity index (χ2v) is 6.33. The third-order valence-corrected chi connectivity index (χ3v) is 5.00. The van der Waals surface area contributed by atoms with Gasteiger partial charge in [0, 0.05) is 28.4 Å². The van der Waals surface area contributed by atoms with E-state index in [9.17, 15) is 14.0 Å². The van der Waals surface area contributed by atoms with Gasteiger partial charge in [-0.05, 0) is 48.9 Å². The maximum absolute atomic E-state index is 13.9. The quantitative estimate of drug-likeness (QED) is 0.757. The number of carbonyl (C=O) groups excluding carboxylic acids is 2. The predicted molar refractivity (Wildman–Crippen MR) is 94.3 cm³/mol. The van der Waals surface area contributed by atoms with Crippen LogP contribution in [0, 0.1) is 12.7 Å². The zero-order valence-corrected chi connectivity index (χ0v) is 14.0. The maximum atomic E-state index is 13.9. The smallest absolute Gasteiger partial charge is 0.266 e. The Kier molecular flexibility index (Phi) is 4.31. The van der Waals surface area contributed by atoms with Gasteiger partial charge in [-0.2, -0.15) is 0 Å². The lowest BCUT2D eigenvalue weighted by atomic mass is 10.1. The van der Waals surface area contributed by atoms with Crippen molar-refractivity contribution in [2.75, 3.05) is 12.4 Å². The maximum Gasteiger partial charge on any atom is 0.266 e. The average molecular weight is 342 g/mol. The average Bonchev–Trinajstić information content (AvgIpc) is 2.93. The van der Waals surface area contributed by atoms with E-state index in [1.165, 1.54) is 17.4 Å². The molecule has 2 amide bonds. The third kappa shape index (κ3) is 2.88. The number of aryl methyl sites for hydroxylation is 1. The summed E-state index contributed by atoms with van der Waals surface area (Å²) >= 11 is 1.26. The second kappa shape index (κ2) is 6.41. The Labute approximate surface area is 142 Å². The van der Waals surface area contributed by atoms with E-state index in [0.717, 1.165) is 4.70 Å². The van der Waals surface area contributed by atoms with Crippen LogP contribution in [-0.4, -0.2) is 18.9 Å². The Balaban J connectivity index is 1.86. The molecule has 0 aliphatic rings. The first kappa shape index (κ1) is 16.1. The van der Waals surface area contributed by atoms with E-state index < -0.39 is 0 Å². The molecular weight excluding hydrogens is 327 g/mol. The van der Waals surface area contributed by atoms with Gasteiger partial charge in [-0.25, -0.2) is 4.39 Å². The highest BCUT2D eigenvalue weighted by Crippen LogP contribution is 2.33. The zero-order valence-electron chi connectivity index (χ0n) is 13.1. The largest absolute Gasteiger partial charge is 0.355 e. The van der Waals surface area contributed by atoms with E-state index in [2.05, 4.69) is 10.6 Å². The summed E-state index contributed by atoms with van der Waals surface area (Å²) in [4.78, 5) is 24.5. The number of halogens is 1. The minimum absolute atomic E-state index is 0.191. The molecule has 3 aromatic rings. The number of hydrogen-bond donors (Lipinski definition) is 2. The van der Waals surface area contributed by atoms with Gasteiger partial charge in [-0.15, -0.1) is 11.3 Å². The summed E-state index contributed by atoms with van der Waals surface area (Å²) in [5.41, 5.74) is 1.72. The molecule has 1 aromatic heterocycles. The van der Waals surface area contributed by atoms with Crippen LogP contribution in [0.25, 0.3) is 10.1 Å². The van der Waals surface area contributed by atoms with Gasteiger partial charge in [0.25, 0.3) is 11.8 Å². The zero-order chi connectivity index (χ0) is 17.3. The number of fused-ring (bicyclic) bond motifs is 1. The Hall–Kier alpha value is -2.73. The molecule has 0 bridgehead atoms. The van der Waals surface area contributed by atoms with Crippen LogP contribution >= 0.6 is 11.3 Å². The van der Waals surface area contributed by atoms with E-state index in [-0.39, 0.29) is 17.6 Å². The van der Waals surface area contributed by atoms with Gasteiger partial charge in [-0.1, -0.05) is 6.07 Å². The number of carbonyl (C=O) groups is 2. The topological polar surface area (TPSA) is 58.2 Å². The molecule has 4 nitrogen and oxygen atoms in total. The molecule has 2 aromatic carbocycles. The molecule has 0 saturated carbocycles. The lowest BCUT2D eigenvalue weighted by Gasteiger charge is -2.06. The fourth-order valence-corrected chi connectivity index (χ4v) is 3.63. The second-order valence-electron chi connectivity index (χ2n) is 5.28. The molecule has 1 heterocycles. The Morgan fingerprint density at radius 1 is 1.04 bits per heavy atom. The van der Waals surface area contributed by atoms with Gasteiger partial charge in [0.15, 0.2) is 0 Å². The van der Waals surface area contributed by atoms with Gasteiger partial charge in [0.1, 0.15) is 5.82 Å². The highest BCUT2D eigenvalue weighted by atomic mass is 32.1. The van der Waals surface area contributed by atoms with Crippen molar-refractivity contribution in [3.63, 3.8) is 0 Å². The molecule has 122 valence electrons. The van der Waals surface area contributed by atoms with Crippen LogP contribution in [0.4, 0.5) is 10.1 Å². The lowest BCUT2D eigenvalue weighted by Crippen LogP contribution is -2.17. The molecular formula is C18H15FN2O2S. The number of nitrogens with one attached hydrogen (secondary N) is 2. The highest BCUT2D eigenvalue weighted by Gasteiger charge is 2.18. The first-order valence-corrected chi connectivity index (χ1v) is 8.14. The molecule has 24 heavy (non-hydrogen) atoms. The van der Waals surface area contributed by atoms with Crippen LogP contribution in [0.15, 0.2) is 42.5 Å². The van der Waals surface area contributed by atoms with Crippen LogP contribution in [0.3, 0.4) is 0 Å². The van der Waals surface area contributed by atoms with Gasteiger partial charge in [0.05, 0.1) is 4.88 Å². The third-order valence-electron chi connectivity index (χ3n) is 3.74. The fraction of sp³-hybridized carbons (Fsp3) is 0.111. The fourth-order valence-electron chi connectivity index (χ4n) is 2.51. The first-order valence-electron chi connectivity index (χ1n) is 7.32. The van der Waals surface area contributed by atoms with Crippen molar-refractivity contribution in [3.8, 4) is 0 Å². The van der Waals surface area contributed by atoms with E-state index in [0.29, 0.717) is 27.1 Å². The van der Waals surface area contributed by atoms with Crippen LogP contribution in [-0.2, 0) is 0 Å². The van der Waals surface area contributed by atoms with Gasteiger partial charge in [-0.3, -0.25) is 9.59 Å². The molecule has 0 spiro atoms. The monoisotopic (exact) mass is 342 g/mol. The van der Waals surface area contributed by atoms with E-state index in [1.807, 2.05) is 0 Å².